The van der Waals surface area contributed by atoms with Crippen LogP contribution in [0.25, 0.3) is 27.8 Å². The molecule has 4 aromatic rings. The minimum Gasteiger partial charge on any atom is -0.352 e. The van der Waals surface area contributed by atoms with E-state index in [-0.39, 0.29) is 5.82 Å². The van der Waals surface area contributed by atoms with Crippen LogP contribution < -0.4 is 5.32 Å². The fourth-order valence-corrected chi connectivity index (χ4v) is 2.86. The van der Waals surface area contributed by atoms with Crippen molar-refractivity contribution in [2.45, 2.75) is 33.2 Å². The number of rotatable bonds is 4. The first-order valence-electron chi connectivity index (χ1n) is 8.31. The Morgan fingerprint density at radius 1 is 1.32 bits per heavy atom. The summed E-state index contributed by atoms with van der Waals surface area (Å²) >= 11 is 0. The highest BCUT2D eigenvalue weighted by molar-refractivity contribution is 5.93. The highest BCUT2D eigenvalue weighted by atomic mass is 19.1. The molecule has 0 aromatic carbocycles. The second-order valence-corrected chi connectivity index (χ2v) is 6.30. The van der Waals surface area contributed by atoms with Gasteiger partial charge in [0.25, 0.3) is 0 Å². The van der Waals surface area contributed by atoms with Gasteiger partial charge in [0.15, 0.2) is 11.5 Å². The van der Waals surface area contributed by atoms with Crippen LogP contribution in [0.3, 0.4) is 0 Å². The molecule has 7 heteroatoms. The minimum absolute atomic E-state index is 0.299. The third-order valence-electron chi connectivity index (χ3n) is 4.36. The fraction of sp³-hybridized carbons (Fsp3) is 0.278. The number of hydrogen-bond donors (Lipinski definition) is 2. The van der Waals surface area contributed by atoms with Gasteiger partial charge in [-0.15, -0.1) is 0 Å². The summed E-state index contributed by atoms with van der Waals surface area (Å²) in [6, 6.07) is 1.79. The van der Waals surface area contributed by atoms with E-state index >= 15 is 0 Å². The maximum absolute atomic E-state index is 14.4. The normalized spacial score (nSPS) is 12.8. The quantitative estimate of drug-likeness (QED) is 0.591. The van der Waals surface area contributed by atoms with E-state index in [1.165, 1.54) is 6.07 Å². The number of aryl methyl sites for hydroxylation is 1. The van der Waals surface area contributed by atoms with Gasteiger partial charge in [0.1, 0.15) is 5.65 Å². The molecular weight excluding hydrogens is 319 g/mol. The van der Waals surface area contributed by atoms with Gasteiger partial charge in [-0.25, -0.2) is 14.4 Å². The number of fused-ring (bicyclic) bond motifs is 2. The van der Waals surface area contributed by atoms with Crippen molar-refractivity contribution in [3.63, 3.8) is 0 Å². The maximum atomic E-state index is 14.4. The molecule has 6 nitrogen and oxygen atoms in total. The summed E-state index contributed by atoms with van der Waals surface area (Å²) in [6.45, 7) is 6.03. The van der Waals surface area contributed by atoms with E-state index in [1.54, 1.807) is 16.8 Å². The van der Waals surface area contributed by atoms with Gasteiger partial charge in [0, 0.05) is 47.3 Å². The first kappa shape index (κ1) is 15.6. The molecule has 25 heavy (non-hydrogen) atoms. The number of nitrogens with one attached hydrogen (secondary N) is 2. The molecular formula is C18H19FN6. The van der Waals surface area contributed by atoms with Gasteiger partial charge in [-0.2, -0.15) is 4.98 Å². The predicted octanol–water partition coefficient (Wildman–Crippen LogP) is 3.93. The van der Waals surface area contributed by atoms with Gasteiger partial charge in [-0.3, -0.25) is 0 Å². The minimum atomic E-state index is -0.351. The van der Waals surface area contributed by atoms with E-state index in [4.69, 9.17) is 0 Å². The lowest BCUT2D eigenvalue weighted by Crippen LogP contribution is -2.15. The van der Waals surface area contributed by atoms with Gasteiger partial charge >= 0.3 is 0 Å². The van der Waals surface area contributed by atoms with Crippen LogP contribution in [0.15, 0.2) is 30.9 Å². The van der Waals surface area contributed by atoms with Crippen molar-refractivity contribution in [2.75, 3.05) is 5.32 Å². The van der Waals surface area contributed by atoms with Crippen molar-refractivity contribution in [1.82, 2.24) is 24.3 Å². The van der Waals surface area contributed by atoms with E-state index in [9.17, 15) is 4.39 Å². The van der Waals surface area contributed by atoms with Crippen molar-refractivity contribution in [3.8, 4) is 11.1 Å². The van der Waals surface area contributed by atoms with E-state index in [0.717, 1.165) is 34.3 Å². The van der Waals surface area contributed by atoms with Crippen molar-refractivity contribution < 1.29 is 4.39 Å². The molecule has 0 fully saturated rings. The van der Waals surface area contributed by atoms with Crippen LogP contribution >= 0.6 is 0 Å². The monoisotopic (exact) mass is 338 g/mol. The first-order valence-corrected chi connectivity index (χ1v) is 8.31. The van der Waals surface area contributed by atoms with Gasteiger partial charge in [0.2, 0.25) is 5.95 Å². The Morgan fingerprint density at radius 3 is 2.96 bits per heavy atom. The second-order valence-electron chi connectivity index (χ2n) is 6.30. The van der Waals surface area contributed by atoms with Gasteiger partial charge in [0.05, 0.1) is 5.69 Å². The molecule has 4 rings (SSSR count). The molecule has 0 aliphatic rings. The summed E-state index contributed by atoms with van der Waals surface area (Å²) in [5, 5.41) is 4.11. The molecule has 0 aliphatic carbocycles. The Kier molecular flexibility index (Phi) is 3.63. The molecule has 0 radical (unpaired) electrons. The maximum Gasteiger partial charge on any atom is 0.224 e. The summed E-state index contributed by atoms with van der Waals surface area (Å²) in [5.74, 6) is 0.234. The van der Waals surface area contributed by atoms with Crippen LogP contribution in [-0.2, 0) is 0 Å². The van der Waals surface area contributed by atoms with Crippen LogP contribution in [-0.4, -0.2) is 30.4 Å². The Balaban J connectivity index is 1.79. The smallest absolute Gasteiger partial charge is 0.224 e. The lowest BCUT2D eigenvalue weighted by Gasteiger charge is -2.10. The number of aromatic nitrogens is 5. The molecule has 0 saturated carbocycles. The van der Waals surface area contributed by atoms with Gasteiger partial charge in [-0.1, -0.05) is 6.92 Å². The highest BCUT2D eigenvalue weighted by Gasteiger charge is 2.13. The Hall–Kier alpha value is -2.96. The molecule has 128 valence electrons. The van der Waals surface area contributed by atoms with E-state index in [1.807, 2.05) is 19.3 Å². The fourth-order valence-electron chi connectivity index (χ4n) is 2.86. The van der Waals surface area contributed by atoms with Crippen LogP contribution in [0.1, 0.15) is 26.0 Å². The number of halogens is 1. The zero-order valence-electron chi connectivity index (χ0n) is 14.3. The molecule has 1 atom stereocenters. The zero-order chi connectivity index (χ0) is 17.6. The Labute approximate surface area is 144 Å². The molecule has 0 saturated heterocycles. The lowest BCUT2D eigenvalue weighted by atomic mass is 10.1. The molecule has 0 spiro atoms. The van der Waals surface area contributed by atoms with Crippen LogP contribution in [0.4, 0.5) is 10.3 Å². The number of H-pyrrole nitrogens is 1. The topological polar surface area (TPSA) is 70.9 Å². The number of hydrogen-bond acceptors (Lipinski definition) is 4. The second kappa shape index (κ2) is 5.84. The number of imidazole rings is 1. The molecule has 4 aromatic heterocycles. The average molecular weight is 338 g/mol. The third kappa shape index (κ3) is 2.71. The average Bonchev–Trinajstić information content (AvgIpc) is 3.17. The van der Waals surface area contributed by atoms with Crippen molar-refractivity contribution in [3.05, 3.63) is 42.4 Å². The van der Waals surface area contributed by atoms with Gasteiger partial charge < -0.3 is 14.7 Å². The summed E-state index contributed by atoms with van der Waals surface area (Å²) in [5.41, 5.74) is 3.44. The number of pyridine rings is 1. The summed E-state index contributed by atoms with van der Waals surface area (Å²) < 4.78 is 16.1. The molecule has 0 aliphatic heterocycles. The number of aromatic amines is 1. The van der Waals surface area contributed by atoms with Crippen molar-refractivity contribution in [2.24, 2.45) is 0 Å². The SMILES string of the molecule is CCC(C)Nc1ncc2c(-c3cc(F)c4nc(C)cn4c3)c[nH]c2n1. The van der Waals surface area contributed by atoms with Crippen molar-refractivity contribution in [1.29, 1.82) is 0 Å². The highest BCUT2D eigenvalue weighted by Crippen LogP contribution is 2.29. The first-order chi connectivity index (χ1) is 12.0. The van der Waals surface area contributed by atoms with Crippen LogP contribution in [0.2, 0.25) is 0 Å². The molecule has 4 heterocycles. The van der Waals surface area contributed by atoms with Crippen molar-refractivity contribution >= 4 is 22.6 Å². The number of anilines is 1. The summed E-state index contributed by atoms with van der Waals surface area (Å²) in [4.78, 5) is 16.2. The third-order valence-corrected chi connectivity index (χ3v) is 4.36. The zero-order valence-corrected chi connectivity index (χ0v) is 14.3. The largest absolute Gasteiger partial charge is 0.352 e. The standard InChI is InChI=1S/C18H19FN6/c1-4-10(2)23-18-21-7-14-13(6-20-16(14)24-18)12-5-15(19)17-22-11(3)8-25(17)9-12/h5-10H,4H2,1-3H3,(H2,20,21,23,24). The lowest BCUT2D eigenvalue weighted by molar-refractivity contribution is 0.630. The van der Waals surface area contributed by atoms with Gasteiger partial charge in [-0.05, 0) is 26.3 Å². The molecule has 0 bridgehead atoms. The van der Waals surface area contributed by atoms with E-state index in [0.29, 0.717) is 17.6 Å². The van der Waals surface area contributed by atoms with Crippen LogP contribution in [0, 0.1) is 12.7 Å². The Bertz CT molecular complexity index is 1060. The Morgan fingerprint density at radius 2 is 2.16 bits per heavy atom. The molecule has 0 amide bonds. The van der Waals surface area contributed by atoms with Crippen LogP contribution in [0.5, 0.6) is 0 Å². The summed E-state index contributed by atoms with van der Waals surface area (Å²) in [7, 11) is 0. The summed E-state index contributed by atoms with van der Waals surface area (Å²) in [6.07, 6.45) is 8.26. The molecule has 2 N–H and O–H groups in total. The number of nitrogens with zero attached hydrogens (tertiary/aromatic N) is 4. The predicted molar refractivity (Wildman–Crippen MR) is 96.1 cm³/mol. The van der Waals surface area contributed by atoms with E-state index in [2.05, 4.69) is 39.1 Å². The van der Waals surface area contributed by atoms with E-state index < -0.39 is 0 Å². The molecule has 1 unspecified atom stereocenters.